The lowest BCUT2D eigenvalue weighted by Gasteiger charge is -2.30. The van der Waals surface area contributed by atoms with Gasteiger partial charge < -0.3 is 10.1 Å². The number of para-hydroxylation sites is 1. The summed E-state index contributed by atoms with van der Waals surface area (Å²) in [6.07, 6.45) is 3.56. The summed E-state index contributed by atoms with van der Waals surface area (Å²) in [5.74, 6) is -0.0532. The van der Waals surface area contributed by atoms with E-state index in [1.54, 1.807) is 12.0 Å². The van der Waals surface area contributed by atoms with Gasteiger partial charge in [0.25, 0.3) is 0 Å². The van der Waals surface area contributed by atoms with Crippen molar-refractivity contribution in [1.29, 1.82) is 0 Å². The standard InChI is InChI=1S/C18H26N2O3/c1-3-15(18(22)19-12-7-13-23-2)20-16-10-5-4-8-14(16)9-6-11-17(20)21/h4-5,8,10,15H,3,6-7,9,11-13H2,1-2H3,(H,19,22)/t15-/m1/s1. The second-order valence-corrected chi connectivity index (χ2v) is 5.81. The van der Waals surface area contributed by atoms with Crippen LogP contribution in [0.25, 0.3) is 0 Å². The van der Waals surface area contributed by atoms with Gasteiger partial charge in [0.05, 0.1) is 0 Å². The number of hydrogen-bond acceptors (Lipinski definition) is 3. The highest BCUT2D eigenvalue weighted by Crippen LogP contribution is 2.29. The number of nitrogens with one attached hydrogen (secondary N) is 1. The Morgan fingerprint density at radius 1 is 1.35 bits per heavy atom. The van der Waals surface area contributed by atoms with E-state index in [0.717, 1.165) is 30.5 Å². The Hall–Kier alpha value is -1.88. The highest BCUT2D eigenvalue weighted by Gasteiger charge is 2.32. The van der Waals surface area contributed by atoms with Gasteiger partial charge in [0, 0.05) is 32.4 Å². The number of fused-ring (bicyclic) bond motifs is 1. The number of carbonyl (C=O) groups is 2. The van der Waals surface area contributed by atoms with Gasteiger partial charge in [0.15, 0.2) is 0 Å². The minimum atomic E-state index is -0.454. The molecule has 1 aromatic rings. The lowest BCUT2D eigenvalue weighted by molar-refractivity contribution is -0.126. The fraction of sp³-hybridized carbons (Fsp3) is 0.556. The quantitative estimate of drug-likeness (QED) is 0.785. The Labute approximate surface area is 138 Å². The Kier molecular flexibility index (Phi) is 6.59. The number of carbonyl (C=O) groups excluding carboxylic acids is 2. The first-order valence-electron chi connectivity index (χ1n) is 8.35. The third-order valence-electron chi connectivity index (χ3n) is 4.18. The maximum atomic E-state index is 12.6. The van der Waals surface area contributed by atoms with E-state index in [1.807, 2.05) is 31.2 Å². The van der Waals surface area contributed by atoms with Crippen molar-refractivity contribution in [1.82, 2.24) is 5.32 Å². The number of ether oxygens (including phenoxy) is 1. The molecule has 0 radical (unpaired) electrons. The lowest BCUT2D eigenvalue weighted by atomic mass is 10.1. The zero-order valence-corrected chi connectivity index (χ0v) is 14.0. The van der Waals surface area contributed by atoms with Crippen molar-refractivity contribution in [3.05, 3.63) is 29.8 Å². The van der Waals surface area contributed by atoms with Crippen LogP contribution < -0.4 is 10.2 Å². The first-order valence-corrected chi connectivity index (χ1v) is 8.35. The Morgan fingerprint density at radius 2 is 2.13 bits per heavy atom. The van der Waals surface area contributed by atoms with Gasteiger partial charge in [-0.1, -0.05) is 25.1 Å². The summed E-state index contributed by atoms with van der Waals surface area (Å²) >= 11 is 0. The monoisotopic (exact) mass is 318 g/mol. The average Bonchev–Trinajstić information content (AvgIpc) is 2.72. The molecular weight excluding hydrogens is 292 g/mol. The molecule has 2 amide bonds. The summed E-state index contributed by atoms with van der Waals surface area (Å²) in [7, 11) is 1.64. The number of benzene rings is 1. The third-order valence-corrected chi connectivity index (χ3v) is 4.18. The van der Waals surface area contributed by atoms with Crippen molar-refractivity contribution in [3.8, 4) is 0 Å². The molecule has 1 aliphatic rings. The predicted molar refractivity (Wildman–Crippen MR) is 90.4 cm³/mol. The molecule has 1 atom stereocenters. The minimum Gasteiger partial charge on any atom is -0.385 e. The summed E-state index contributed by atoms with van der Waals surface area (Å²) in [5, 5.41) is 2.92. The first-order chi connectivity index (χ1) is 11.2. The van der Waals surface area contributed by atoms with Gasteiger partial charge in [-0.2, -0.15) is 0 Å². The summed E-state index contributed by atoms with van der Waals surface area (Å²) in [5.41, 5.74) is 2.03. The molecule has 126 valence electrons. The molecule has 23 heavy (non-hydrogen) atoms. The van der Waals surface area contributed by atoms with E-state index in [0.29, 0.717) is 26.0 Å². The number of anilines is 1. The van der Waals surface area contributed by atoms with Gasteiger partial charge in [0.2, 0.25) is 11.8 Å². The Morgan fingerprint density at radius 3 is 2.87 bits per heavy atom. The SMILES string of the molecule is CC[C@H](C(=O)NCCCOC)N1C(=O)CCCc2ccccc21. The number of rotatable bonds is 7. The van der Waals surface area contributed by atoms with Crippen LogP contribution in [0.15, 0.2) is 24.3 Å². The summed E-state index contributed by atoms with van der Waals surface area (Å²) in [6.45, 7) is 3.12. The molecule has 5 heteroatoms. The molecule has 0 saturated carbocycles. The Balaban J connectivity index is 2.18. The molecule has 1 heterocycles. The van der Waals surface area contributed by atoms with E-state index in [9.17, 15) is 9.59 Å². The van der Waals surface area contributed by atoms with Crippen LogP contribution in [0.3, 0.4) is 0 Å². The largest absolute Gasteiger partial charge is 0.385 e. The van der Waals surface area contributed by atoms with E-state index < -0.39 is 6.04 Å². The highest BCUT2D eigenvalue weighted by molar-refractivity contribution is 6.01. The van der Waals surface area contributed by atoms with Gasteiger partial charge in [-0.3, -0.25) is 14.5 Å². The molecule has 1 aliphatic heterocycles. The summed E-state index contributed by atoms with van der Waals surface area (Å²) < 4.78 is 4.99. The van der Waals surface area contributed by atoms with E-state index in [-0.39, 0.29) is 11.8 Å². The maximum absolute atomic E-state index is 12.6. The van der Waals surface area contributed by atoms with Crippen molar-refractivity contribution < 1.29 is 14.3 Å². The van der Waals surface area contributed by atoms with Gasteiger partial charge in [-0.15, -0.1) is 0 Å². The molecule has 0 bridgehead atoms. The van der Waals surface area contributed by atoms with Crippen molar-refractivity contribution in [2.75, 3.05) is 25.2 Å². The molecule has 5 nitrogen and oxygen atoms in total. The fourth-order valence-corrected chi connectivity index (χ4v) is 3.01. The lowest BCUT2D eigenvalue weighted by Crippen LogP contribution is -2.49. The van der Waals surface area contributed by atoms with Gasteiger partial charge in [-0.05, 0) is 37.3 Å². The van der Waals surface area contributed by atoms with E-state index in [1.165, 1.54) is 0 Å². The fourth-order valence-electron chi connectivity index (χ4n) is 3.01. The molecule has 1 N–H and O–H groups in total. The molecule has 0 fully saturated rings. The molecule has 2 rings (SSSR count). The van der Waals surface area contributed by atoms with Crippen molar-refractivity contribution >= 4 is 17.5 Å². The minimum absolute atomic E-state index is 0.0360. The normalized spacial score (nSPS) is 15.7. The van der Waals surface area contributed by atoms with Crippen LogP contribution in [0.4, 0.5) is 5.69 Å². The van der Waals surface area contributed by atoms with Crippen LogP contribution in [-0.2, 0) is 20.7 Å². The van der Waals surface area contributed by atoms with Crippen molar-refractivity contribution in [2.45, 2.75) is 45.1 Å². The van der Waals surface area contributed by atoms with Crippen molar-refractivity contribution in [3.63, 3.8) is 0 Å². The second kappa shape index (κ2) is 8.67. The van der Waals surface area contributed by atoms with Crippen LogP contribution in [-0.4, -0.2) is 38.1 Å². The van der Waals surface area contributed by atoms with Crippen LogP contribution in [0.1, 0.15) is 38.2 Å². The predicted octanol–water partition coefficient (Wildman–Crippen LogP) is 2.29. The molecule has 0 unspecified atom stereocenters. The van der Waals surface area contributed by atoms with Crippen LogP contribution in [0.5, 0.6) is 0 Å². The Bertz CT molecular complexity index is 545. The average molecular weight is 318 g/mol. The molecule has 0 aromatic heterocycles. The zero-order chi connectivity index (χ0) is 16.7. The number of amides is 2. The second-order valence-electron chi connectivity index (χ2n) is 5.81. The van der Waals surface area contributed by atoms with Gasteiger partial charge in [-0.25, -0.2) is 0 Å². The van der Waals surface area contributed by atoms with Crippen LogP contribution >= 0.6 is 0 Å². The molecule has 1 aromatic carbocycles. The molecular formula is C18H26N2O3. The number of methoxy groups -OCH3 is 1. The van der Waals surface area contributed by atoms with E-state index >= 15 is 0 Å². The zero-order valence-electron chi connectivity index (χ0n) is 14.0. The van der Waals surface area contributed by atoms with Gasteiger partial charge in [0.1, 0.15) is 6.04 Å². The molecule has 0 aliphatic carbocycles. The smallest absolute Gasteiger partial charge is 0.243 e. The first kappa shape index (κ1) is 17.5. The number of aryl methyl sites for hydroxylation is 1. The summed E-state index contributed by atoms with van der Waals surface area (Å²) in [4.78, 5) is 26.8. The number of hydrogen-bond donors (Lipinski definition) is 1. The van der Waals surface area contributed by atoms with Crippen LogP contribution in [0, 0.1) is 0 Å². The highest BCUT2D eigenvalue weighted by atomic mass is 16.5. The van der Waals surface area contributed by atoms with E-state index in [4.69, 9.17) is 4.74 Å². The number of nitrogens with zero attached hydrogens (tertiary/aromatic N) is 1. The van der Waals surface area contributed by atoms with Crippen molar-refractivity contribution in [2.24, 2.45) is 0 Å². The molecule has 0 saturated heterocycles. The van der Waals surface area contributed by atoms with Gasteiger partial charge >= 0.3 is 0 Å². The van der Waals surface area contributed by atoms with E-state index in [2.05, 4.69) is 5.32 Å². The summed E-state index contributed by atoms with van der Waals surface area (Å²) in [6, 6.07) is 7.44. The van der Waals surface area contributed by atoms with Crippen LogP contribution in [0.2, 0.25) is 0 Å². The molecule has 0 spiro atoms. The topological polar surface area (TPSA) is 58.6 Å². The maximum Gasteiger partial charge on any atom is 0.243 e. The third kappa shape index (κ3) is 4.32.